The van der Waals surface area contributed by atoms with E-state index < -0.39 is 5.60 Å². The molecule has 0 bridgehead atoms. The number of nitrogens with one attached hydrogen (secondary N) is 2. The fourth-order valence-corrected chi connectivity index (χ4v) is 4.18. The number of para-hydroxylation sites is 1. The first-order valence-electron chi connectivity index (χ1n) is 8.79. The highest BCUT2D eigenvalue weighted by molar-refractivity contribution is 5.72. The Balaban J connectivity index is 1.52. The smallest absolute Gasteiger partial charge is 0.206 e. The summed E-state index contributed by atoms with van der Waals surface area (Å²) in [6.07, 6.45) is 5.46. The van der Waals surface area contributed by atoms with Crippen molar-refractivity contribution in [3.8, 4) is 11.4 Å². The third-order valence-corrected chi connectivity index (χ3v) is 5.39. The summed E-state index contributed by atoms with van der Waals surface area (Å²) in [5.41, 5.74) is 1.15. The molecule has 0 saturated carbocycles. The standard InChI is InChI=1S/C17H24N6O/c24-17(9-5-11-23-10-4-3-8-15(17)23)12-18-14-7-2-1-6-13(14)16-19-21-22-20-16/h1-2,6-7,15,18,24H,3-5,8-12H2,(H,19,20,21,22)/t15-,17-/m1/s1. The van der Waals surface area contributed by atoms with E-state index in [4.69, 9.17) is 0 Å². The van der Waals surface area contributed by atoms with Crippen LogP contribution in [0.5, 0.6) is 0 Å². The van der Waals surface area contributed by atoms with E-state index in [1.807, 2.05) is 24.3 Å². The number of fused-ring (bicyclic) bond motifs is 1. The third kappa shape index (κ3) is 2.89. The lowest BCUT2D eigenvalue weighted by Crippen LogP contribution is -2.61. The zero-order valence-electron chi connectivity index (χ0n) is 13.8. The first kappa shape index (κ1) is 15.5. The van der Waals surface area contributed by atoms with Gasteiger partial charge < -0.3 is 10.4 Å². The topological polar surface area (TPSA) is 90.0 Å². The largest absolute Gasteiger partial charge is 0.386 e. The fraction of sp³-hybridized carbons (Fsp3) is 0.588. The van der Waals surface area contributed by atoms with Crippen LogP contribution in [0.2, 0.25) is 0 Å². The summed E-state index contributed by atoms with van der Waals surface area (Å²) >= 11 is 0. The number of hydrogen-bond acceptors (Lipinski definition) is 6. The van der Waals surface area contributed by atoms with Crippen LogP contribution in [0, 0.1) is 0 Å². The molecule has 0 amide bonds. The molecule has 2 aromatic rings. The van der Waals surface area contributed by atoms with Gasteiger partial charge in [0.1, 0.15) is 0 Å². The Morgan fingerprint density at radius 2 is 2.12 bits per heavy atom. The number of anilines is 1. The van der Waals surface area contributed by atoms with Crippen molar-refractivity contribution < 1.29 is 5.11 Å². The molecule has 2 saturated heterocycles. The van der Waals surface area contributed by atoms with E-state index in [-0.39, 0.29) is 6.04 Å². The first-order valence-corrected chi connectivity index (χ1v) is 8.79. The van der Waals surface area contributed by atoms with Crippen LogP contribution in [0.4, 0.5) is 5.69 Å². The van der Waals surface area contributed by atoms with E-state index in [2.05, 4.69) is 30.8 Å². The molecule has 2 aliphatic rings. The Hall–Kier alpha value is -1.99. The maximum Gasteiger partial charge on any atom is 0.206 e. The van der Waals surface area contributed by atoms with Crippen LogP contribution in [0.3, 0.4) is 0 Å². The predicted octanol–water partition coefficient (Wildman–Crippen LogP) is 1.66. The van der Waals surface area contributed by atoms with Crippen molar-refractivity contribution in [2.45, 2.75) is 43.7 Å². The minimum absolute atomic E-state index is 0.268. The molecule has 2 fully saturated rings. The van der Waals surface area contributed by atoms with Gasteiger partial charge in [0.25, 0.3) is 0 Å². The van der Waals surface area contributed by atoms with Crippen LogP contribution in [-0.4, -0.2) is 61.9 Å². The number of piperidine rings is 2. The van der Waals surface area contributed by atoms with Crippen molar-refractivity contribution in [2.75, 3.05) is 25.0 Å². The van der Waals surface area contributed by atoms with Crippen LogP contribution < -0.4 is 5.32 Å². The van der Waals surface area contributed by atoms with E-state index in [0.717, 1.165) is 43.6 Å². The minimum Gasteiger partial charge on any atom is -0.386 e. The molecule has 24 heavy (non-hydrogen) atoms. The lowest BCUT2D eigenvalue weighted by molar-refractivity contribution is -0.0846. The summed E-state index contributed by atoms with van der Waals surface area (Å²) in [7, 11) is 0. The van der Waals surface area contributed by atoms with E-state index in [1.54, 1.807) is 0 Å². The third-order valence-electron chi connectivity index (χ3n) is 5.39. The molecule has 3 N–H and O–H groups in total. The van der Waals surface area contributed by atoms with Crippen molar-refractivity contribution in [3.05, 3.63) is 24.3 Å². The molecular weight excluding hydrogens is 304 g/mol. The second-order valence-electron chi connectivity index (χ2n) is 6.89. The summed E-state index contributed by atoms with van der Waals surface area (Å²) < 4.78 is 0. The van der Waals surface area contributed by atoms with Gasteiger partial charge in [0, 0.05) is 23.8 Å². The molecule has 2 aliphatic heterocycles. The molecule has 2 atom stereocenters. The van der Waals surface area contributed by atoms with Crippen LogP contribution in [0.15, 0.2) is 24.3 Å². The van der Waals surface area contributed by atoms with Crippen molar-refractivity contribution >= 4 is 5.69 Å². The lowest BCUT2D eigenvalue weighted by Gasteiger charge is -2.49. The van der Waals surface area contributed by atoms with Gasteiger partial charge in [-0.15, -0.1) is 10.2 Å². The van der Waals surface area contributed by atoms with Crippen molar-refractivity contribution in [1.82, 2.24) is 25.5 Å². The van der Waals surface area contributed by atoms with Gasteiger partial charge in [0.05, 0.1) is 5.60 Å². The molecule has 0 spiro atoms. The highest BCUT2D eigenvalue weighted by atomic mass is 16.3. The lowest BCUT2D eigenvalue weighted by atomic mass is 9.79. The molecular formula is C17H24N6O. The second-order valence-corrected chi connectivity index (χ2v) is 6.89. The van der Waals surface area contributed by atoms with Crippen LogP contribution in [0.25, 0.3) is 11.4 Å². The molecule has 7 heteroatoms. The summed E-state index contributed by atoms with van der Waals surface area (Å²) in [6, 6.07) is 8.16. The highest BCUT2D eigenvalue weighted by Crippen LogP contribution is 2.35. The molecule has 1 aromatic heterocycles. The summed E-state index contributed by atoms with van der Waals surface area (Å²) in [5.74, 6) is 0.563. The van der Waals surface area contributed by atoms with Gasteiger partial charge in [0.15, 0.2) is 0 Å². The van der Waals surface area contributed by atoms with Gasteiger partial charge in [-0.05, 0) is 56.1 Å². The molecule has 0 unspecified atom stereocenters. The van der Waals surface area contributed by atoms with Gasteiger partial charge in [-0.2, -0.15) is 5.21 Å². The summed E-state index contributed by atoms with van der Waals surface area (Å²) in [6.45, 7) is 2.78. The van der Waals surface area contributed by atoms with E-state index in [0.29, 0.717) is 12.4 Å². The van der Waals surface area contributed by atoms with Gasteiger partial charge in [-0.1, -0.05) is 18.6 Å². The number of aliphatic hydroxyl groups is 1. The SMILES string of the molecule is O[C@@]1(CNc2ccccc2-c2nn[nH]n2)CCCN2CCCC[C@@H]21. The summed E-state index contributed by atoms with van der Waals surface area (Å²) in [4.78, 5) is 2.47. The van der Waals surface area contributed by atoms with E-state index in [9.17, 15) is 5.11 Å². The normalized spacial score (nSPS) is 27.6. The number of benzene rings is 1. The monoisotopic (exact) mass is 328 g/mol. The predicted molar refractivity (Wildman–Crippen MR) is 91.5 cm³/mol. The molecule has 4 rings (SSSR count). The first-order chi connectivity index (χ1) is 11.8. The van der Waals surface area contributed by atoms with Crippen LogP contribution in [0.1, 0.15) is 32.1 Å². The Kier molecular flexibility index (Phi) is 4.20. The zero-order valence-corrected chi connectivity index (χ0v) is 13.8. The number of rotatable bonds is 4. The van der Waals surface area contributed by atoms with Gasteiger partial charge in [-0.25, -0.2) is 0 Å². The summed E-state index contributed by atoms with van der Waals surface area (Å²) in [5, 5.41) is 29.0. The minimum atomic E-state index is -0.678. The molecule has 0 aliphatic carbocycles. The van der Waals surface area contributed by atoms with Gasteiger partial charge >= 0.3 is 0 Å². The number of hydrogen-bond donors (Lipinski definition) is 3. The number of tetrazole rings is 1. The molecule has 0 radical (unpaired) electrons. The maximum atomic E-state index is 11.3. The number of H-pyrrole nitrogens is 1. The quantitative estimate of drug-likeness (QED) is 0.791. The highest BCUT2D eigenvalue weighted by Gasteiger charge is 2.43. The van der Waals surface area contributed by atoms with E-state index in [1.165, 1.54) is 12.8 Å². The van der Waals surface area contributed by atoms with E-state index >= 15 is 0 Å². The number of aromatic nitrogens is 4. The Labute approximate surface area is 141 Å². The molecule has 1 aromatic carbocycles. The Morgan fingerprint density at radius 1 is 1.25 bits per heavy atom. The maximum absolute atomic E-state index is 11.3. The molecule has 3 heterocycles. The van der Waals surface area contributed by atoms with Gasteiger partial charge in [0.2, 0.25) is 5.82 Å². The van der Waals surface area contributed by atoms with Crippen LogP contribution >= 0.6 is 0 Å². The molecule has 7 nitrogen and oxygen atoms in total. The molecule has 128 valence electrons. The number of aromatic amines is 1. The Morgan fingerprint density at radius 3 is 3.00 bits per heavy atom. The van der Waals surface area contributed by atoms with Gasteiger partial charge in [-0.3, -0.25) is 4.90 Å². The number of nitrogens with zero attached hydrogens (tertiary/aromatic N) is 4. The average molecular weight is 328 g/mol. The van der Waals surface area contributed by atoms with Crippen molar-refractivity contribution in [2.24, 2.45) is 0 Å². The zero-order chi connectivity index (χ0) is 16.4. The van der Waals surface area contributed by atoms with Crippen LogP contribution in [-0.2, 0) is 0 Å². The average Bonchev–Trinajstić information content (AvgIpc) is 3.15. The second kappa shape index (κ2) is 6.49. The Bertz CT molecular complexity index is 673. The fourth-order valence-electron chi connectivity index (χ4n) is 4.18. The van der Waals surface area contributed by atoms with Crippen molar-refractivity contribution in [1.29, 1.82) is 0 Å². The van der Waals surface area contributed by atoms with Crippen molar-refractivity contribution in [3.63, 3.8) is 0 Å².